The minimum absolute atomic E-state index is 0.0687. The summed E-state index contributed by atoms with van der Waals surface area (Å²) in [5, 5.41) is 6.84. The van der Waals surface area contributed by atoms with Crippen LogP contribution in [0, 0.1) is 0 Å². The van der Waals surface area contributed by atoms with E-state index in [1.54, 1.807) is 22.6 Å². The molecule has 1 aliphatic rings. The normalized spacial score (nSPS) is 16.2. The van der Waals surface area contributed by atoms with Crippen molar-refractivity contribution in [2.45, 2.75) is 16.8 Å². The van der Waals surface area contributed by atoms with Crippen LogP contribution < -0.4 is 0 Å². The summed E-state index contributed by atoms with van der Waals surface area (Å²) in [6.07, 6.45) is 2.20. The summed E-state index contributed by atoms with van der Waals surface area (Å²) in [5.41, 5.74) is 2.71. The Morgan fingerprint density at radius 1 is 1.17 bits per heavy atom. The number of thiazole rings is 1. The van der Waals surface area contributed by atoms with Crippen LogP contribution in [0.15, 0.2) is 80.8 Å². The minimum atomic E-state index is -0.189. The molecule has 1 amide bonds. The summed E-state index contributed by atoms with van der Waals surface area (Å²) in [5.74, 6) is 0.877. The molecule has 30 heavy (non-hydrogen) atoms. The van der Waals surface area contributed by atoms with E-state index in [4.69, 9.17) is 16.0 Å². The number of nitrogens with zero attached hydrogens (tertiary/aromatic N) is 3. The van der Waals surface area contributed by atoms with Gasteiger partial charge in [0.15, 0.2) is 4.34 Å². The summed E-state index contributed by atoms with van der Waals surface area (Å²) >= 11 is 9.08. The number of rotatable bonds is 5. The molecule has 2 aromatic carbocycles. The Hall–Kier alpha value is -2.61. The van der Waals surface area contributed by atoms with Crippen molar-refractivity contribution in [3.63, 3.8) is 0 Å². The average Bonchev–Trinajstić information content (AvgIpc) is 3.51. The van der Waals surface area contributed by atoms with Gasteiger partial charge in [0.05, 0.1) is 28.3 Å². The van der Waals surface area contributed by atoms with Crippen molar-refractivity contribution in [2.24, 2.45) is 5.10 Å². The predicted octanol–water partition coefficient (Wildman–Crippen LogP) is 6.01. The van der Waals surface area contributed by atoms with Crippen LogP contribution in [0.25, 0.3) is 10.2 Å². The molecule has 4 aromatic rings. The molecule has 0 N–H and O–H groups in total. The smallest absolute Gasteiger partial charge is 0.253 e. The van der Waals surface area contributed by atoms with Crippen molar-refractivity contribution >= 4 is 56.5 Å². The predicted molar refractivity (Wildman–Crippen MR) is 121 cm³/mol. The fourth-order valence-corrected chi connectivity index (χ4v) is 5.43. The first-order valence-corrected chi connectivity index (χ1v) is 11.5. The van der Waals surface area contributed by atoms with Crippen LogP contribution in [0.5, 0.6) is 0 Å². The average molecular weight is 454 g/mol. The summed E-state index contributed by atoms with van der Waals surface area (Å²) in [6, 6.07) is 19.0. The molecule has 0 radical (unpaired) electrons. The van der Waals surface area contributed by atoms with Crippen LogP contribution in [0.2, 0.25) is 5.02 Å². The molecule has 0 fully saturated rings. The van der Waals surface area contributed by atoms with Gasteiger partial charge in [0.2, 0.25) is 0 Å². The molecule has 1 atom stereocenters. The lowest BCUT2D eigenvalue weighted by Crippen LogP contribution is -2.28. The van der Waals surface area contributed by atoms with E-state index in [1.807, 2.05) is 60.7 Å². The number of halogens is 1. The maximum atomic E-state index is 13.1. The fourth-order valence-electron chi connectivity index (χ4n) is 3.38. The molecular weight excluding hydrogens is 438 g/mol. The molecule has 5 rings (SSSR count). The number of carbonyl (C=O) groups is 1. The Morgan fingerprint density at radius 2 is 2.00 bits per heavy atom. The van der Waals surface area contributed by atoms with Gasteiger partial charge in [-0.05, 0) is 42.0 Å². The van der Waals surface area contributed by atoms with Gasteiger partial charge in [0.25, 0.3) is 5.91 Å². The highest BCUT2D eigenvalue weighted by atomic mass is 35.5. The molecule has 0 saturated heterocycles. The number of thioether (sulfide) groups is 1. The van der Waals surface area contributed by atoms with Crippen molar-refractivity contribution in [1.29, 1.82) is 0 Å². The van der Waals surface area contributed by atoms with Crippen molar-refractivity contribution in [1.82, 2.24) is 9.99 Å². The molecule has 8 heteroatoms. The zero-order valence-corrected chi connectivity index (χ0v) is 18.1. The molecule has 1 aliphatic heterocycles. The number of hydrazone groups is 1. The largest absolute Gasteiger partial charge is 0.463 e. The van der Waals surface area contributed by atoms with Crippen molar-refractivity contribution in [3.05, 3.63) is 83.3 Å². The SMILES string of the molecule is O=C(CSc1nc2ccccc2s1)N1N=C(c2ccco2)C[C@@H]1c1ccc(Cl)cc1. The summed E-state index contributed by atoms with van der Waals surface area (Å²) in [7, 11) is 0. The third-order valence-electron chi connectivity index (χ3n) is 4.82. The third-order valence-corrected chi connectivity index (χ3v) is 7.24. The van der Waals surface area contributed by atoms with Gasteiger partial charge in [0, 0.05) is 11.4 Å². The molecule has 150 valence electrons. The van der Waals surface area contributed by atoms with E-state index in [0.29, 0.717) is 17.2 Å². The lowest BCUT2D eigenvalue weighted by Gasteiger charge is -2.21. The second-order valence-electron chi connectivity index (χ2n) is 6.77. The fraction of sp³-hybridized carbons (Fsp3) is 0.136. The van der Waals surface area contributed by atoms with E-state index in [0.717, 1.165) is 25.8 Å². The lowest BCUT2D eigenvalue weighted by atomic mass is 10.0. The van der Waals surface area contributed by atoms with Crippen molar-refractivity contribution in [2.75, 3.05) is 5.75 Å². The number of para-hydroxylation sites is 1. The first-order valence-electron chi connectivity index (χ1n) is 9.34. The van der Waals surface area contributed by atoms with E-state index in [9.17, 15) is 4.79 Å². The van der Waals surface area contributed by atoms with Crippen LogP contribution in [0.3, 0.4) is 0 Å². The topological polar surface area (TPSA) is 58.7 Å². The lowest BCUT2D eigenvalue weighted by molar-refractivity contribution is -0.130. The Balaban J connectivity index is 1.37. The Kier molecular flexibility index (Phi) is 5.33. The van der Waals surface area contributed by atoms with Gasteiger partial charge in [-0.3, -0.25) is 4.79 Å². The molecule has 3 heterocycles. The monoisotopic (exact) mass is 453 g/mol. The van der Waals surface area contributed by atoms with E-state index >= 15 is 0 Å². The molecule has 5 nitrogen and oxygen atoms in total. The molecule has 0 bridgehead atoms. The number of benzene rings is 2. The molecule has 0 saturated carbocycles. The molecule has 0 aliphatic carbocycles. The second kappa shape index (κ2) is 8.26. The zero-order chi connectivity index (χ0) is 20.5. The number of fused-ring (bicyclic) bond motifs is 1. The van der Waals surface area contributed by atoms with Gasteiger partial charge in [-0.25, -0.2) is 9.99 Å². The van der Waals surface area contributed by atoms with Crippen LogP contribution >= 0.6 is 34.7 Å². The zero-order valence-electron chi connectivity index (χ0n) is 15.7. The van der Waals surface area contributed by atoms with E-state index in [-0.39, 0.29) is 17.7 Å². The maximum absolute atomic E-state index is 13.1. The third kappa shape index (κ3) is 3.88. The summed E-state index contributed by atoms with van der Waals surface area (Å²) in [4.78, 5) is 17.7. The van der Waals surface area contributed by atoms with Crippen LogP contribution in [-0.4, -0.2) is 27.4 Å². The summed E-state index contributed by atoms with van der Waals surface area (Å²) < 4.78 is 7.50. The Bertz CT molecular complexity index is 1190. The van der Waals surface area contributed by atoms with Gasteiger partial charge < -0.3 is 4.42 Å². The standard InChI is InChI=1S/C22H16ClN3O2S2/c23-15-9-7-14(8-10-15)18-12-17(19-5-3-11-28-19)25-26(18)21(27)13-29-22-24-16-4-1-2-6-20(16)30-22/h1-11,18H,12-13H2/t18-/m1/s1. The van der Waals surface area contributed by atoms with Crippen molar-refractivity contribution in [3.8, 4) is 0 Å². The molecule has 0 unspecified atom stereocenters. The highest BCUT2D eigenvalue weighted by molar-refractivity contribution is 8.01. The van der Waals surface area contributed by atoms with Gasteiger partial charge in [-0.2, -0.15) is 5.10 Å². The van der Waals surface area contributed by atoms with Crippen LogP contribution in [0.4, 0.5) is 0 Å². The van der Waals surface area contributed by atoms with E-state index in [2.05, 4.69) is 10.1 Å². The van der Waals surface area contributed by atoms with Crippen molar-refractivity contribution < 1.29 is 9.21 Å². The highest BCUT2D eigenvalue weighted by Gasteiger charge is 2.34. The van der Waals surface area contributed by atoms with E-state index < -0.39 is 0 Å². The highest BCUT2D eigenvalue weighted by Crippen LogP contribution is 2.35. The first-order chi connectivity index (χ1) is 14.7. The minimum Gasteiger partial charge on any atom is -0.463 e. The number of furan rings is 1. The molecule has 0 spiro atoms. The number of hydrogen-bond acceptors (Lipinski definition) is 6. The maximum Gasteiger partial charge on any atom is 0.253 e. The molecule has 2 aromatic heterocycles. The number of hydrogen-bond donors (Lipinski definition) is 0. The van der Waals surface area contributed by atoms with Gasteiger partial charge >= 0.3 is 0 Å². The van der Waals surface area contributed by atoms with Crippen LogP contribution in [0.1, 0.15) is 23.8 Å². The molecular formula is C22H16ClN3O2S2. The quantitative estimate of drug-likeness (QED) is 0.347. The Morgan fingerprint density at radius 3 is 2.77 bits per heavy atom. The van der Waals surface area contributed by atoms with Gasteiger partial charge in [-0.15, -0.1) is 11.3 Å². The first kappa shape index (κ1) is 19.4. The van der Waals surface area contributed by atoms with Gasteiger partial charge in [-0.1, -0.05) is 47.6 Å². The number of aromatic nitrogens is 1. The van der Waals surface area contributed by atoms with E-state index in [1.165, 1.54) is 11.8 Å². The van der Waals surface area contributed by atoms with Crippen LogP contribution in [-0.2, 0) is 4.79 Å². The van der Waals surface area contributed by atoms with Gasteiger partial charge in [0.1, 0.15) is 11.5 Å². The summed E-state index contributed by atoms with van der Waals surface area (Å²) in [6.45, 7) is 0. The second-order valence-corrected chi connectivity index (χ2v) is 9.46. The Labute approximate surface area is 186 Å². The number of amides is 1. The number of carbonyl (C=O) groups excluding carboxylic acids is 1.